The van der Waals surface area contributed by atoms with Crippen LogP contribution >= 0.6 is 58.6 Å². The van der Waals surface area contributed by atoms with Crippen LogP contribution in [0.3, 0.4) is 0 Å². The molecule has 2 amide bonds. The fourth-order valence-corrected chi connectivity index (χ4v) is 5.60. The summed E-state index contributed by atoms with van der Waals surface area (Å²) in [4.78, 5) is 44.5. The maximum atomic E-state index is 11.2. The predicted octanol–water partition coefficient (Wildman–Crippen LogP) is 3.54. The molecule has 0 radical (unpaired) electrons. The molecule has 0 fully saturated rings. The smallest absolute Gasteiger partial charge is 0.291 e. The summed E-state index contributed by atoms with van der Waals surface area (Å²) in [5.74, 6) is 1.14. The predicted molar refractivity (Wildman–Crippen MR) is 133 cm³/mol. The van der Waals surface area contributed by atoms with Crippen LogP contribution in [-0.2, 0) is 0 Å². The molecule has 2 aromatic heterocycles. The van der Waals surface area contributed by atoms with Gasteiger partial charge in [0.05, 0.1) is 11.0 Å². The van der Waals surface area contributed by atoms with E-state index in [1.165, 1.54) is 0 Å². The van der Waals surface area contributed by atoms with Gasteiger partial charge in [-0.05, 0) is 38.7 Å². The van der Waals surface area contributed by atoms with Crippen LogP contribution in [0.5, 0.6) is 0 Å². The standard InChI is InChI=1S/C10H6N2OS2.C7H15N3O2S2.ClH/c1-5-2-3-6-7(4-5)12-9-8(11-6)14-10(13)15-9;1-10(2)5(3-13-6(8)11)4-14-7(9)12;/h2-4H,1H3;5H,3-4H2,1-2H3,(H2,8,11)(H2,9,12);1H. The molecule has 3 rings (SSSR count). The monoisotopic (exact) mass is 507 g/mol. The number of carbonyl (C=O) groups is 2. The average molecular weight is 508 g/mol. The van der Waals surface area contributed by atoms with E-state index in [1.54, 1.807) is 0 Å². The van der Waals surface area contributed by atoms with Crippen molar-refractivity contribution in [3.05, 3.63) is 32.6 Å². The second kappa shape index (κ2) is 12.4. The number of aryl methyl sites for hydroxylation is 1. The molecular formula is C17H22ClN5O3S4. The third-order valence-electron chi connectivity index (χ3n) is 3.68. The van der Waals surface area contributed by atoms with Crippen molar-refractivity contribution in [3.63, 3.8) is 0 Å². The Morgan fingerprint density at radius 2 is 1.53 bits per heavy atom. The first-order valence-electron chi connectivity index (χ1n) is 8.34. The first kappa shape index (κ1) is 26.6. The molecular weight excluding hydrogens is 486 g/mol. The molecule has 164 valence electrons. The summed E-state index contributed by atoms with van der Waals surface area (Å²) in [7, 11) is 3.77. The Morgan fingerprint density at radius 1 is 1.03 bits per heavy atom. The SMILES string of the molecule is CN(C)C(CSC(N)=O)CSC(N)=O.Cc1ccc2nc3sc(=O)sc3nc2c1.Cl. The number of aromatic nitrogens is 2. The van der Waals surface area contributed by atoms with E-state index in [-0.39, 0.29) is 22.5 Å². The van der Waals surface area contributed by atoms with E-state index in [0.29, 0.717) is 11.5 Å². The van der Waals surface area contributed by atoms with E-state index in [2.05, 4.69) is 9.97 Å². The first-order valence-corrected chi connectivity index (χ1v) is 11.9. The van der Waals surface area contributed by atoms with Crippen LogP contribution < -0.4 is 15.5 Å². The highest BCUT2D eigenvalue weighted by Gasteiger charge is 2.14. The summed E-state index contributed by atoms with van der Waals surface area (Å²) < 4.78 is 0.0528. The van der Waals surface area contributed by atoms with E-state index < -0.39 is 10.5 Å². The van der Waals surface area contributed by atoms with Gasteiger partial charge in [-0.1, -0.05) is 52.3 Å². The summed E-state index contributed by atoms with van der Waals surface area (Å²) in [6, 6.07) is 6.03. The second-order valence-corrected chi connectivity index (χ2v) is 10.4. The number of thioether (sulfide) groups is 2. The Bertz CT molecular complexity index is 1050. The van der Waals surface area contributed by atoms with E-state index in [9.17, 15) is 14.4 Å². The zero-order valence-electron chi connectivity index (χ0n) is 16.5. The van der Waals surface area contributed by atoms with Crippen molar-refractivity contribution in [2.24, 2.45) is 11.5 Å². The quantitative estimate of drug-likeness (QED) is 0.535. The zero-order valence-corrected chi connectivity index (χ0v) is 20.6. The first-order chi connectivity index (χ1) is 13.7. The van der Waals surface area contributed by atoms with E-state index >= 15 is 0 Å². The lowest BCUT2D eigenvalue weighted by molar-refractivity contribution is 0.266. The maximum Gasteiger partial charge on any atom is 0.291 e. The lowest BCUT2D eigenvalue weighted by Gasteiger charge is -2.22. The zero-order chi connectivity index (χ0) is 21.6. The Labute approximate surface area is 196 Å². The van der Waals surface area contributed by atoms with Gasteiger partial charge in [0.25, 0.3) is 14.5 Å². The van der Waals surface area contributed by atoms with E-state index in [0.717, 1.165) is 72.5 Å². The molecule has 1 aromatic carbocycles. The minimum absolute atomic E-state index is 0. The minimum Gasteiger partial charge on any atom is -0.361 e. The number of rotatable bonds is 5. The number of fused-ring (bicyclic) bond motifs is 2. The van der Waals surface area contributed by atoms with E-state index in [4.69, 9.17) is 11.5 Å². The number of amides is 2. The van der Waals surface area contributed by atoms with Crippen LogP contribution in [0.4, 0.5) is 9.59 Å². The second-order valence-electron chi connectivity index (χ2n) is 6.16. The molecule has 3 aromatic rings. The third-order valence-corrected chi connectivity index (χ3v) is 7.27. The van der Waals surface area contributed by atoms with Crippen molar-refractivity contribution in [1.82, 2.24) is 14.9 Å². The van der Waals surface area contributed by atoms with Crippen molar-refractivity contribution < 1.29 is 9.59 Å². The highest BCUT2D eigenvalue weighted by molar-refractivity contribution is 8.14. The summed E-state index contributed by atoms with van der Waals surface area (Å²) in [5, 5.41) is -0.804. The molecule has 0 aliphatic rings. The van der Waals surface area contributed by atoms with Crippen LogP contribution in [0.25, 0.3) is 20.7 Å². The van der Waals surface area contributed by atoms with Crippen molar-refractivity contribution in [2.45, 2.75) is 13.0 Å². The molecule has 4 N–H and O–H groups in total. The average Bonchev–Trinajstić information content (AvgIpc) is 2.98. The van der Waals surface area contributed by atoms with Gasteiger partial charge in [-0.15, -0.1) is 12.4 Å². The van der Waals surface area contributed by atoms with Gasteiger partial charge in [0.15, 0.2) is 9.66 Å². The molecule has 0 aliphatic heterocycles. The third kappa shape index (κ3) is 8.36. The van der Waals surface area contributed by atoms with Crippen molar-refractivity contribution in [2.75, 3.05) is 25.6 Å². The van der Waals surface area contributed by atoms with Crippen molar-refractivity contribution in [1.29, 1.82) is 0 Å². The molecule has 0 atom stereocenters. The fourth-order valence-electron chi connectivity index (χ4n) is 2.15. The number of halogens is 1. The molecule has 30 heavy (non-hydrogen) atoms. The number of nitrogens with zero attached hydrogens (tertiary/aromatic N) is 3. The number of carbonyl (C=O) groups excluding carboxylic acids is 2. The van der Waals surface area contributed by atoms with Crippen LogP contribution in [0.1, 0.15) is 5.56 Å². The van der Waals surface area contributed by atoms with Crippen LogP contribution in [-0.4, -0.2) is 57.0 Å². The normalized spacial score (nSPS) is 10.7. The maximum absolute atomic E-state index is 11.2. The fraction of sp³-hybridized carbons (Fsp3) is 0.353. The number of hydrogen-bond acceptors (Lipinski definition) is 10. The topological polar surface area (TPSA) is 132 Å². The Balaban J connectivity index is 0.000000292. The van der Waals surface area contributed by atoms with Gasteiger partial charge in [-0.25, -0.2) is 9.97 Å². The van der Waals surface area contributed by atoms with Gasteiger partial charge in [0.2, 0.25) is 0 Å². The number of primary amides is 2. The molecule has 8 nitrogen and oxygen atoms in total. The highest BCUT2D eigenvalue weighted by atomic mass is 35.5. The van der Waals surface area contributed by atoms with Gasteiger partial charge in [-0.2, -0.15) is 0 Å². The Morgan fingerprint density at radius 3 is 2.00 bits per heavy atom. The van der Waals surface area contributed by atoms with Crippen molar-refractivity contribution in [3.8, 4) is 0 Å². The summed E-state index contributed by atoms with van der Waals surface area (Å²) in [6.45, 7) is 2.02. The lowest BCUT2D eigenvalue weighted by atomic mass is 10.2. The number of nitrogens with two attached hydrogens (primary N) is 2. The van der Waals surface area contributed by atoms with Gasteiger partial charge < -0.3 is 16.4 Å². The number of hydrogen-bond donors (Lipinski definition) is 2. The largest absolute Gasteiger partial charge is 0.361 e. The molecule has 0 spiro atoms. The van der Waals surface area contributed by atoms with Gasteiger partial charge >= 0.3 is 0 Å². The molecule has 13 heteroatoms. The van der Waals surface area contributed by atoms with Crippen LogP contribution in [0.2, 0.25) is 0 Å². The molecule has 0 saturated carbocycles. The van der Waals surface area contributed by atoms with Gasteiger partial charge in [0, 0.05) is 17.5 Å². The molecule has 0 aliphatic carbocycles. The molecule has 0 saturated heterocycles. The summed E-state index contributed by atoms with van der Waals surface area (Å²) in [6.07, 6.45) is 0. The molecule has 0 bridgehead atoms. The Hall–Kier alpha value is -1.44. The molecule has 2 heterocycles. The van der Waals surface area contributed by atoms with Crippen LogP contribution in [0, 0.1) is 6.92 Å². The Kier molecular flexibility index (Phi) is 11.0. The highest BCUT2D eigenvalue weighted by Crippen LogP contribution is 2.21. The lowest BCUT2D eigenvalue weighted by Crippen LogP contribution is -2.34. The summed E-state index contributed by atoms with van der Waals surface area (Å²) >= 11 is 4.42. The molecule has 0 unspecified atom stereocenters. The van der Waals surface area contributed by atoms with Gasteiger partial charge in [-0.3, -0.25) is 14.4 Å². The van der Waals surface area contributed by atoms with Gasteiger partial charge in [0.1, 0.15) is 0 Å². The minimum atomic E-state index is -0.402. The summed E-state index contributed by atoms with van der Waals surface area (Å²) in [5.41, 5.74) is 12.9. The number of benzene rings is 1. The van der Waals surface area contributed by atoms with E-state index in [1.807, 2.05) is 44.1 Å². The van der Waals surface area contributed by atoms with Crippen LogP contribution in [0.15, 0.2) is 23.0 Å². The van der Waals surface area contributed by atoms with Crippen molar-refractivity contribution >= 4 is 89.8 Å².